The van der Waals surface area contributed by atoms with Gasteiger partial charge in [-0.05, 0) is 43.6 Å². The van der Waals surface area contributed by atoms with Crippen molar-refractivity contribution >= 4 is 15.9 Å². The van der Waals surface area contributed by atoms with Gasteiger partial charge >= 0.3 is 0 Å². The van der Waals surface area contributed by atoms with Crippen LogP contribution in [0.5, 0.6) is 0 Å². The van der Waals surface area contributed by atoms with Gasteiger partial charge in [0.2, 0.25) is 0 Å². The number of halogens is 1. The second-order valence-corrected chi connectivity index (χ2v) is 6.17. The van der Waals surface area contributed by atoms with Crippen LogP contribution in [-0.2, 0) is 9.47 Å². The Hall–Kier alpha value is 0.140. The van der Waals surface area contributed by atoms with E-state index in [4.69, 9.17) is 9.47 Å². The van der Waals surface area contributed by atoms with Crippen LogP contribution in [0.1, 0.15) is 39.0 Å². The minimum Gasteiger partial charge on any atom is -0.353 e. The first kappa shape index (κ1) is 12.6. The van der Waals surface area contributed by atoms with Crippen LogP contribution in [0.25, 0.3) is 0 Å². The SMILES string of the molecule is CC1CC(COC2CCCCO2)=CC(Br)C1. The molecule has 3 atom stereocenters. The Balaban J connectivity index is 1.76. The van der Waals surface area contributed by atoms with Crippen LogP contribution in [0, 0.1) is 5.92 Å². The molecule has 1 saturated heterocycles. The van der Waals surface area contributed by atoms with Gasteiger partial charge in [0.15, 0.2) is 6.29 Å². The molecule has 1 fully saturated rings. The second-order valence-electron chi connectivity index (χ2n) is 4.99. The molecule has 2 nitrogen and oxygen atoms in total. The van der Waals surface area contributed by atoms with Gasteiger partial charge in [-0.25, -0.2) is 0 Å². The highest BCUT2D eigenvalue weighted by molar-refractivity contribution is 9.09. The van der Waals surface area contributed by atoms with E-state index in [1.807, 2.05) is 0 Å². The van der Waals surface area contributed by atoms with Gasteiger partial charge < -0.3 is 9.47 Å². The summed E-state index contributed by atoms with van der Waals surface area (Å²) in [6, 6.07) is 0. The van der Waals surface area contributed by atoms with E-state index in [2.05, 4.69) is 28.9 Å². The van der Waals surface area contributed by atoms with Crippen LogP contribution in [0.2, 0.25) is 0 Å². The number of allylic oxidation sites excluding steroid dienone is 1. The summed E-state index contributed by atoms with van der Waals surface area (Å²) in [6.45, 7) is 3.91. The summed E-state index contributed by atoms with van der Waals surface area (Å²) >= 11 is 3.67. The fourth-order valence-corrected chi connectivity index (χ4v) is 3.47. The van der Waals surface area contributed by atoms with Crippen molar-refractivity contribution in [3.63, 3.8) is 0 Å². The average Bonchev–Trinajstić information content (AvgIpc) is 2.27. The third kappa shape index (κ3) is 3.86. The summed E-state index contributed by atoms with van der Waals surface area (Å²) in [7, 11) is 0. The molecule has 0 N–H and O–H groups in total. The molecule has 0 saturated carbocycles. The Kier molecular flexibility index (Phi) is 4.86. The lowest BCUT2D eigenvalue weighted by Crippen LogP contribution is -2.24. The Labute approximate surface area is 107 Å². The fourth-order valence-electron chi connectivity index (χ4n) is 2.46. The Morgan fingerprint density at radius 3 is 3.06 bits per heavy atom. The number of ether oxygens (including phenoxy) is 2. The van der Waals surface area contributed by atoms with E-state index in [0.717, 1.165) is 25.6 Å². The quantitative estimate of drug-likeness (QED) is 0.583. The maximum absolute atomic E-state index is 5.81. The van der Waals surface area contributed by atoms with Gasteiger partial charge in [0.1, 0.15) is 0 Å². The molecule has 0 bridgehead atoms. The summed E-state index contributed by atoms with van der Waals surface area (Å²) < 4.78 is 11.4. The number of alkyl halides is 1. The molecule has 1 heterocycles. The highest BCUT2D eigenvalue weighted by atomic mass is 79.9. The van der Waals surface area contributed by atoms with Crippen LogP contribution in [0.3, 0.4) is 0 Å². The van der Waals surface area contributed by atoms with Crippen LogP contribution >= 0.6 is 15.9 Å². The molecular weight excluding hydrogens is 268 g/mol. The lowest BCUT2D eigenvalue weighted by molar-refractivity contribution is -0.157. The predicted molar refractivity (Wildman–Crippen MR) is 68.7 cm³/mol. The lowest BCUT2D eigenvalue weighted by Gasteiger charge is -2.26. The zero-order valence-corrected chi connectivity index (χ0v) is 11.5. The van der Waals surface area contributed by atoms with Crippen LogP contribution in [0.4, 0.5) is 0 Å². The van der Waals surface area contributed by atoms with Gasteiger partial charge in [0.25, 0.3) is 0 Å². The monoisotopic (exact) mass is 288 g/mol. The van der Waals surface area contributed by atoms with Crippen molar-refractivity contribution in [3.8, 4) is 0 Å². The van der Waals surface area contributed by atoms with Crippen molar-refractivity contribution in [2.24, 2.45) is 5.92 Å². The van der Waals surface area contributed by atoms with Gasteiger partial charge in [-0.15, -0.1) is 0 Å². The molecular formula is C13H21BrO2. The minimum absolute atomic E-state index is 0.0423. The first-order chi connectivity index (χ1) is 7.74. The Bertz CT molecular complexity index is 246. The molecule has 0 aromatic rings. The summed E-state index contributed by atoms with van der Waals surface area (Å²) in [5.74, 6) is 0.764. The third-order valence-electron chi connectivity index (χ3n) is 3.25. The number of hydrogen-bond acceptors (Lipinski definition) is 2. The first-order valence-corrected chi connectivity index (χ1v) is 7.22. The number of hydrogen-bond donors (Lipinski definition) is 0. The maximum Gasteiger partial charge on any atom is 0.158 e. The molecule has 0 aromatic carbocycles. The summed E-state index contributed by atoms with van der Waals surface area (Å²) in [6.07, 6.45) is 8.24. The van der Waals surface area contributed by atoms with E-state index in [1.165, 1.54) is 31.3 Å². The van der Waals surface area contributed by atoms with Crippen molar-refractivity contribution in [1.82, 2.24) is 0 Å². The molecule has 0 spiro atoms. The van der Waals surface area contributed by atoms with E-state index in [1.54, 1.807) is 0 Å². The molecule has 16 heavy (non-hydrogen) atoms. The van der Waals surface area contributed by atoms with Crippen molar-refractivity contribution in [2.45, 2.75) is 50.1 Å². The zero-order chi connectivity index (χ0) is 11.4. The van der Waals surface area contributed by atoms with Gasteiger partial charge in [-0.1, -0.05) is 28.9 Å². The maximum atomic E-state index is 5.81. The van der Waals surface area contributed by atoms with Gasteiger partial charge in [0, 0.05) is 11.4 Å². The molecule has 3 unspecified atom stereocenters. The van der Waals surface area contributed by atoms with Crippen molar-refractivity contribution in [3.05, 3.63) is 11.6 Å². The van der Waals surface area contributed by atoms with Crippen molar-refractivity contribution in [2.75, 3.05) is 13.2 Å². The molecule has 0 amide bonds. The number of rotatable bonds is 3. The first-order valence-electron chi connectivity index (χ1n) is 6.31. The van der Waals surface area contributed by atoms with E-state index >= 15 is 0 Å². The Morgan fingerprint density at radius 1 is 1.50 bits per heavy atom. The van der Waals surface area contributed by atoms with E-state index in [0.29, 0.717) is 4.83 Å². The van der Waals surface area contributed by atoms with E-state index < -0.39 is 0 Å². The molecule has 2 aliphatic rings. The second kappa shape index (κ2) is 6.18. The normalized spacial score (nSPS) is 35.9. The van der Waals surface area contributed by atoms with Crippen LogP contribution < -0.4 is 0 Å². The van der Waals surface area contributed by atoms with Gasteiger partial charge in [-0.2, -0.15) is 0 Å². The minimum atomic E-state index is 0.0423. The van der Waals surface area contributed by atoms with Crippen molar-refractivity contribution < 1.29 is 9.47 Å². The molecule has 0 aromatic heterocycles. The van der Waals surface area contributed by atoms with E-state index in [9.17, 15) is 0 Å². The molecule has 0 radical (unpaired) electrons. The highest BCUT2D eigenvalue weighted by Crippen LogP contribution is 2.28. The topological polar surface area (TPSA) is 18.5 Å². The standard InChI is InChI=1S/C13H21BrO2/c1-10-6-11(8-12(14)7-10)9-16-13-4-2-3-5-15-13/h8,10,12-13H,2-7,9H2,1H3. The molecule has 3 heteroatoms. The van der Waals surface area contributed by atoms with Crippen LogP contribution in [-0.4, -0.2) is 24.3 Å². The Morgan fingerprint density at radius 2 is 2.38 bits per heavy atom. The van der Waals surface area contributed by atoms with Crippen molar-refractivity contribution in [1.29, 1.82) is 0 Å². The average molecular weight is 289 g/mol. The molecule has 1 aliphatic heterocycles. The van der Waals surface area contributed by atoms with Crippen LogP contribution in [0.15, 0.2) is 11.6 Å². The summed E-state index contributed by atoms with van der Waals surface area (Å²) in [4.78, 5) is 0.530. The largest absolute Gasteiger partial charge is 0.353 e. The molecule has 92 valence electrons. The zero-order valence-electron chi connectivity index (χ0n) is 9.95. The molecule has 2 rings (SSSR count). The lowest BCUT2D eigenvalue weighted by atomic mass is 9.91. The smallest absolute Gasteiger partial charge is 0.158 e. The van der Waals surface area contributed by atoms with E-state index in [-0.39, 0.29) is 6.29 Å². The predicted octanol–water partition coefficient (Wildman–Crippen LogP) is 3.65. The third-order valence-corrected chi connectivity index (χ3v) is 3.89. The molecule has 1 aliphatic carbocycles. The summed E-state index contributed by atoms with van der Waals surface area (Å²) in [5.41, 5.74) is 1.43. The summed E-state index contributed by atoms with van der Waals surface area (Å²) in [5, 5.41) is 0. The highest BCUT2D eigenvalue weighted by Gasteiger charge is 2.19. The van der Waals surface area contributed by atoms with Gasteiger partial charge in [0.05, 0.1) is 6.61 Å². The van der Waals surface area contributed by atoms with Gasteiger partial charge in [-0.3, -0.25) is 0 Å². The fraction of sp³-hybridized carbons (Fsp3) is 0.846.